The summed E-state index contributed by atoms with van der Waals surface area (Å²) in [6.07, 6.45) is 3.17. The molecule has 57 heavy (non-hydrogen) atoms. The summed E-state index contributed by atoms with van der Waals surface area (Å²) < 4.78 is 125. The third kappa shape index (κ3) is 6.14. The normalized spacial score (nSPS) is 15.0. The van der Waals surface area contributed by atoms with E-state index in [9.17, 15) is 1.37 Å². The summed E-state index contributed by atoms with van der Waals surface area (Å²) in [7, 11) is 0. The first-order chi connectivity index (χ1) is 33.3. The number of hydrogen-bond acceptors (Lipinski definition) is 2. The van der Waals surface area contributed by atoms with Gasteiger partial charge in [-0.2, -0.15) is 0 Å². The van der Waals surface area contributed by atoms with Crippen LogP contribution in [0.5, 0.6) is 11.5 Å². The van der Waals surface area contributed by atoms with Crippen molar-refractivity contribution in [1.82, 2.24) is 14.1 Å². The van der Waals surface area contributed by atoms with E-state index >= 15 is 0 Å². The lowest BCUT2D eigenvalue weighted by atomic mass is 9.88. The van der Waals surface area contributed by atoms with Gasteiger partial charge < -0.3 is 4.74 Å². The highest BCUT2D eigenvalue weighted by Crippen LogP contribution is 2.37. The molecule has 0 bridgehead atoms. The molecule has 5 nitrogen and oxygen atoms in total. The Morgan fingerprint density at radius 1 is 0.632 bits per heavy atom. The molecule has 0 atom stereocenters. The van der Waals surface area contributed by atoms with Crippen LogP contribution in [0.15, 0.2) is 188 Å². The Balaban J connectivity index is 1.15. The molecule has 0 unspecified atom stereocenters. The van der Waals surface area contributed by atoms with E-state index in [0.29, 0.717) is 39.3 Å². The fourth-order valence-corrected chi connectivity index (χ4v) is 7.23. The van der Waals surface area contributed by atoms with Gasteiger partial charge in [0.25, 0.3) is 6.33 Å². The predicted octanol–water partition coefficient (Wildman–Crippen LogP) is 12.6. The van der Waals surface area contributed by atoms with E-state index in [4.69, 9.17) is 21.2 Å². The van der Waals surface area contributed by atoms with Crippen molar-refractivity contribution in [1.29, 1.82) is 0 Å². The molecule has 274 valence electrons. The van der Waals surface area contributed by atoms with Gasteiger partial charge in [0.2, 0.25) is 0 Å². The van der Waals surface area contributed by atoms with Gasteiger partial charge in [-0.25, -0.2) is 4.98 Å². The van der Waals surface area contributed by atoms with Crippen LogP contribution in [0.3, 0.4) is 0 Å². The summed E-state index contributed by atoms with van der Waals surface area (Å²) in [6, 6.07) is 27.1. The Labute approximate surface area is 350 Å². The third-order valence-corrected chi connectivity index (χ3v) is 9.86. The van der Waals surface area contributed by atoms with E-state index in [1.165, 1.54) is 0 Å². The standard InChI is InChI=1S/C52H40N4O/c1-52(2,3)38-30-31-53-50(32-38)56-46-25-11-10-22-44(46)45-29-28-41(34-49(45)56)57-40-21-14-20-39(33-40)54-35-55(48-27-13-12-26-47(48)54)51-42(36-16-6-4-7-17-36)23-15-24-43(51)37-18-8-5-9-19-37/h4-34H,1-3H3/i4D,5D,6D,7D,8D,9D,16D,17D,18D,19D,30D,31D,32D. The average molecular weight is 750 g/mol. The van der Waals surface area contributed by atoms with Gasteiger partial charge in [-0.3, -0.25) is 13.7 Å². The molecular weight excluding hydrogens is 697 g/mol. The first-order valence-electron chi connectivity index (χ1n) is 24.8. The highest BCUT2D eigenvalue weighted by atomic mass is 16.5. The maximum absolute atomic E-state index is 9.31. The van der Waals surface area contributed by atoms with Crippen LogP contribution in [0.25, 0.3) is 72.3 Å². The predicted molar refractivity (Wildman–Crippen MR) is 232 cm³/mol. The Morgan fingerprint density at radius 2 is 1.28 bits per heavy atom. The van der Waals surface area contributed by atoms with Crippen molar-refractivity contribution in [2.75, 3.05) is 0 Å². The number of benzene rings is 7. The molecule has 10 aromatic rings. The third-order valence-electron chi connectivity index (χ3n) is 9.86. The van der Waals surface area contributed by atoms with Gasteiger partial charge in [0.1, 0.15) is 17.3 Å². The average Bonchev–Trinajstić information content (AvgIpc) is 3.88. The molecule has 0 saturated heterocycles. The van der Waals surface area contributed by atoms with Crippen molar-refractivity contribution in [3.05, 3.63) is 200 Å². The van der Waals surface area contributed by atoms with Gasteiger partial charge in [0.05, 0.1) is 51.3 Å². The molecule has 0 saturated carbocycles. The van der Waals surface area contributed by atoms with Crippen molar-refractivity contribution in [2.45, 2.75) is 26.2 Å². The van der Waals surface area contributed by atoms with Gasteiger partial charge in [-0.1, -0.05) is 148 Å². The molecule has 0 radical (unpaired) electrons. The van der Waals surface area contributed by atoms with Crippen LogP contribution in [0.4, 0.5) is 0 Å². The lowest BCUT2D eigenvalue weighted by Gasteiger charge is -2.20. The van der Waals surface area contributed by atoms with Crippen molar-refractivity contribution in [3.8, 4) is 50.9 Å². The van der Waals surface area contributed by atoms with Crippen molar-refractivity contribution in [3.63, 3.8) is 0 Å². The Hall–Kier alpha value is -7.24. The van der Waals surface area contributed by atoms with Crippen LogP contribution in [0, 0.1) is 6.33 Å². The molecule has 0 aliphatic rings. The number of nitrogens with zero attached hydrogens (tertiary/aromatic N) is 4. The summed E-state index contributed by atoms with van der Waals surface area (Å²) in [5.41, 5.74) is 3.05. The lowest BCUT2D eigenvalue weighted by Crippen LogP contribution is -2.31. The molecule has 3 heterocycles. The Kier molecular flexibility index (Phi) is 5.56. The van der Waals surface area contributed by atoms with Gasteiger partial charge >= 0.3 is 0 Å². The quantitative estimate of drug-likeness (QED) is 0.120. The molecule has 0 fully saturated rings. The summed E-state index contributed by atoms with van der Waals surface area (Å²) in [5, 5.41) is 1.76. The highest BCUT2D eigenvalue weighted by Gasteiger charge is 2.21. The number of ether oxygens (including phenoxy) is 1. The molecule has 5 heteroatoms. The van der Waals surface area contributed by atoms with Gasteiger partial charge in [0, 0.05) is 23.0 Å². The summed E-state index contributed by atoms with van der Waals surface area (Å²) in [4.78, 5) is 4.50. The summed E-state index contributed by atoms with van der Waals surface area (Å²) >= 11 is 0. The summed E-state index contributed by atoms with van der Waals surface area (Å²) in [5.74, 6) is 1.10. The zero-order chi connectivity index (χ0) is 49.8. The molecule has 7 aromatic carbocycles. The van der Waals surface area contributed by atoms with E-state index in [2.05, 4.69) is 11.3 Å². The van der Waals surface area contributed by atoms with Crippen molar-refractivity contribution in [2.24, 2.45) is 0 Å². The van der Waals surface area contributed by atoms with Gasteiger partial charge in [0.15, 0.2) is 0 Å². The second-order valence-corrected chi connectivity index (χ2v) is 14.5. The minimum absolute atomic E-state index is 0.0546. The molecule has 0 aliphatic heterocycles. The molecule has 3 aromatic heterocycles. The van der Waals surface area contributed by atoms with Gasteiger partial charge in [-0.05, 0) is 81.7 Å². The maximum atomic E-state index is 9.31. The minimum atomic E-state index is -0.609. The highest BCUT2D eigenvalue weighted by molar-refractivity contribution is 6.09. The first-order valence-corrected chi connectivity index (χ1v) is 18.3. The Bertz CT molecular complexity index is 3710. The zero-order valence-corrected chi connectivity index (χ0v) is 31.1. The van der Waals surface area contributed by atoms with Crippen LogP contribution < -0.4 is 9.30 Å². The Morgan fingerprint density at radius 3 is 2.02 bits per heavy atom. The number of fused-ring (bicyclic) bond motifs is 4. The maximum Gasteiger partial charge on any atom is 0.269 e. The monoisotopic (exact) mass is 749 g/mol. The van der Waals surface area contributed by atoms with Gasteiger partial charge in [-0.15, -0.1) is 0 Å². The van der Waals surface area contributed by atoms with E-state index in [0.717, 1.165) is 16.3 Å². The number of hydrogen-bond donors (Lipinski definition) is 0. The molecule has 0 spiro atoms. The lowest BCUT2D eigenvalue weighted by molar-refractivity contribution is -0.571. The van der Waals surface area contributed by atoms with Crippen LogP contribution >= 0.6 is 0 Å². The van der Waals surface area contributed by atoms with Crippen LogP contribution in [0.2, 0.25) is 0 Å². The van der Waals surface area contributed by atoms with Crippen LogP contribution in [-0.2, 0) is 5.41 Å². The fraction of sp³-hybridized carbons (Fsp3) is 0.0769. The summed E-state index contributed by atoms with van der Waals surface area (Å²) in [6.45, 7) is 5.73. The largest absolute Gasteiger partial charge is 0.458 e. The minimum Gasteiger partial charge on any atom is -0.458 e. The molecular formula is C52H40N4O. The zero-order valence-electron chi connectivity index (χ0n) is 44.1. The van der Waals surface area contributed by atoms with Crippen molar-refractivity contribution < 1.29 is 27.1 Å². The van der Waals surface area contributed by atoms with E-state index in [1.807, 2.05) is 86.0 Å². The molecule has 0 amide bonds. The molecule has 0 N–H and O–H groups in total. The smallest absolute Gasteiger partial charge is 0.269 e. The number of imidazole rings is 1. The number of aromatic nitrogens is 4. The SMILES string of the molecule is [2H]c1nc(-n2c3ccccc3c3ccc(Oc4cccc(-n5[c-][n+](-c6c(-c7c([2H])c([2H])c([2H])c([2H])c7[2H])cccc6-c6c([2H])c([2H])c([2H])c([2H])c6[2H])c6ccccc65)c4)cc32)c([2H])c(C(C)(C)C)c1[2H]. The first kappa shape index (κ1) is 23.0. The molecule has 0 aliphatic carbocycles. The van der Waals surface area contributed by atoms with Crippen LogP contribution in [0.1, 0.15) is 44.2 Å². The van der Waals surface area contributed by atoms with Crippen molar-refractivity contribution >= 4 is 32.8 Å². The number of para-hydroxylation sites is 4. The number of rotatable bonds is 7. The van der Waals surface area contributed by atoms with Crippen LogP contribution in [-0.4, -0.2) is 14.1 Å². The number of pyridine rings is 1. The second kappa shape index (κ2) is 13.8. The molecule has 10 rings (SSSR count). The van der Waals surface area contributed by atoms with E-state index in [-0.39, 0.29) is 52.0 Å². The second-order valence-electron chi connectivity index (χ2n) is 14.5. The fourth-order valence-electron chi connectivity index (χ4n) is 7.23. The van der Waals surface area contributed by atoms with E-state index in [1.54, 1.807) is 57.7 Å². The van der Waals surface area contributed by atoms with E-state index < -0.39 is 65.8 Å². The topological polar surface area (TPSA) is 35.9 Å².